The third-order valence-electron chi connectivity index (χ3n) is 4.50. The molecule has 27 heavy (non-hydrogen) atoms. The summed E-state index contributed by atoms with van der Waals surface area (Å²) in [6.07, 6.45) is 5.65. The number of nitrogens with one attached hydrogen (secondary N) is 2. The van der Waals surface area contributed by atoms with Crippen LogP contribution in [0.5, 0.6) is 0 Å². The van der Waals surface area contributed by atoms with E-state index >= 15 is 0 Å². The smallest absolute Gasteiger partial charge is 0.257 e. The van der Waals surface area contributed by atoms with Crippen molar-refractivity contribution in [1.29, 1.82) is 0 Å². The second kappa shape index (κ2) is 7.49. The molecule has 0 spiro atoms. The number of aromatic nitrogens is 2. The summed E-state index contributed by atoms with van der Waals surface area (Å²) in [5.74, 6) is 1.07. The number of rotatable bonds is 5. The average molecular weight is 363 g/mol. The van der Waals surface area contributed by atoms with Gasteiger partial charge in [-0.25, -0.2) is 0 Å². The molecule has 3 heterocycles. The zero-order chi connectivity index (χ0) is 18.6. The van der Waals surface area contributed by atoms with Gasteiger partial charge in [-0.15, -0.1) is 0 Å². The topological polar surface area (TPSA) is 83.3 Å². The van der Waals surface area contributed by atoms with Crippen LogP contribution in [-0.2, 0) is 0 Å². The summed E-state index contributed by atoms with van der Waals surface area (Å²) in [5.41, 5.74) is 3.08. The molecule has 1 amide bonds. The molecule has 1 aliphatic rings. The largest absolute Gasteiger partial charge is 0.372 e. The van der Waals surface area contributed by atoms with Crippen LogP contribution in [-0.4, -0.2) is 29.1 Å². The van der Waals surface area contributed by atoms with Crippen molar-refractivity contribution in [2.75, 3.05) is 28.6 Å². The second-order valence-corrected chi connectivity index (χ2v) is 6.61. The number of hydrogen-bond donors (Lipinski definition) is 2. The molecular formula is C20H21N5O2. The Balaban J connectivity index is 1.42. The Kier molecular flexibility index (Phi) is 4.74. The zero-order valence-corrected chi connectivity index (χ0v) is 15.1. The minimum absolute atomic E-state index is 0.212. The van der Waals surface area contributed by atoms with Crippen LogP contribution >= 0.6 is 0 Å². The van der Waals surface area contributed by atoms with Crippen LogP contribution in [0.25, 0.3) is 0 Å². The van der Waals surface area contributed by atoms with Gasteiger partial charge in [0.15, 0.2) is 5.82 Å². The molecule has 2 N–H and O–H groups in total. The Bertz CT molecular complexity index is 930. The van der Waals surface area contributed by atoms with Crippen LogP contribution in [0, 0.1) is 6.92 Å². The summed E-state index contributed by atoms with van der Waals surface area (Å²) in [5, 5.41) is 9.86. The molecule has 7 nitrogen and oxygen atoms in total. The molecule has 0 unspecified atom stereocenters. The van der Waals surface area contributed by atoms with Crippen molar-refractivity contribution in [2.24, 2.45) is 0 Å². The van der Waals surface area contributed by atoms with Crippen molar-refractivity contribution >= 4 is 28.8 Å². The molecule has 0 radical (unpaired) electrons. The Hall–Kier alpha value is -3.35. The predicted molar refractivity (Wildman–Crippen MR) is 105 cm³/mol. The van der Waals surface area contributed by atoms with E-state index in [2.05, 4.69) is 25.7 Å². The van der Waals surface area contributed by atoms with Gasteiger partial charge in [0.25, 0.3) is 5.91 Å². The van der Waals surface area contributed by atoms with E-state index in [4.69, 9.17) is 4.52 Å². The molecule has 7 heteroatoms. The standard InChI is InChI=1S/C20H21N5O2/c1-14-10-19(24-27-14)22-17-11-15(12-21-13-17)20(26)23-16-4-6-18(7-5-16)25-8-2-3-9-25/h4-7,10-13H,2-3,8-9H2,1H3,(H,22,24)(H,23,26). The summed E-state index contributed by atoms with van der Waals surface area (Å²) < 4.78 is 5.02. The maximum absolute atomic E-state index is 12.5. The molecule has 0 bridgehead atoms. The summed E-state index contributed by atoms with van der Waals surface area (Å²) in [6, 6.07) is 11.5. The van der Waals surface area contributed by atoms with Gasteiger partial charge in [-0.1, -0.05) is 5.16 Å². The predicted octanol–water partition coefficient (Wildman–Crippen LogP) is 3.97. The Labute approximate surface area is 157 Å². The Morgan fingerprint density at radius 2 is 1.85 bits per heavy atom. The van der Waals surface area contributed by atoms with Crippen LogP contribution in [0.2, 0.25) is 0 Å². The number of benzene rings is 1. The van der Waals surface area contributed by atoms with Crippen molar-refractivity contribution in [1.82, 2.24) is 10.1 Å². The number of amides is 1. The number of aryl methyl sites for hydroxylation is 1. The first-order chi connectivity index (χ1) is 13.2. The molecule has 3 aromatic rings. The fourth-order valence-corrected chi connectivity index (χ4v) is 3.14. The van der Waals surface area contributed by atoms with Gasteiger partial charge in [0, 0.05) is 36.7 Å². The third-order valence-corrected chi connectivity index (χ3v) is 4.50. The number of anilines is 4. The highest BCUT2D eigenvalue weighted by Crippen LogP contribution is 2.23. The van der Waals surface area contributed by atoms with E-state index in [-0.39, 0.29) is 5.91 Å². The molecule has 1 aromatic carbocycles. The van der Waals surface area contributed by atoms with Gasteiger partial charge in [0.05, 0.1) is 17.4 Å². The second-order valence-electron chi connectivity index (χ2n) is 6.61. The van der Waals surface area contributed by atoms with E-state index in [1.165, 1.54) is 24.7 Å². The van der Waals surface area contributed by atoms with E-state index < -0.39 is 0 Å². The highest BCUT2D eigenvalue weighted by atomic mass is 16.5. The van der Waals surface area contributed by atoms with E-state index in [1.54, 1.807) is 18.3 Å². The van der Waals surface area contributed by atoms with Crippen molar-refractivity contribution in [3.05, 3.63) is 60.1 Å². The van der Waals surface area contributed by atoms with Crippen molar-refractivity contribution in [3.8, 4) is 0 Å². The molecule has 2 aromatic heterocycles. The lowest BCUT2D eigenvalue weighted by atomic mass is 10.2. The van der Waals surface area contributed by atoms with Gasteiger partial charge < -0.3 is 20.1 Å². The zero-order valence-electron chi connectivity index (χ0n) is 15.1. The van der Waals surface area contributed by atoms with Crippen molar-refractivity contribution in [2.45, 2.75) is 19.8 Å². The molecule has 1 fully saturated rings. The van der Waals surface area contributed by atoms with Gasteiger partial charge in [-0.05, 0) is 50.1 Å². The van der Waals surface area contributed by atoms with E-state index in [9.17, 15) is 4.79 Å². The third kappa shape index (κ3) is 4.08. The summed E-state index contributed by atoms with van der Waals surface area (Å²) in [7, 11) is 0. The fraction of sp³-hybridized carbons (Fsp3) is 0.250. The monoisotopic (exact) mass is 363 g/mol. The van der Waals surface area contributed by atoms with E-state index in [1.807, 2.05) is 31.2 Å². The molecule has 0 aliphatic carbocycles. The van der Waals surface area contributed by atoms with E-state index in [0.717, 1.165) is 18.8 Å². The lowest BCUT2D eigenvalue weighted by molar-refractivity contribution is 0.102. The van der Waals surface area contributed by atoms with Crippen LogP contribution in [0.3, 0.4) is 0 Å². The lowest BCUT2D eigenvalue weighted by Gasteiger charge is -2.17. The molecule has 0 saturated carbocycles. The van der Waals surface area contributed by atoms with Gasteiger partial charge in [-0.3, -0.25) is 9.78 Å². The summed E-state index contributed by atoms with van der Waals surface area (Å²) in [4.78, 5) is 19.0. The van der Waals surface area contributed by atoms with Crippen molar-refractivity contribution < 1.29 is 9.32 Å². The molecule has 1 saturated heterocycles. The first-order valence-corrected chi connectivity index (χ1v) is 8.99. The quantitative estimate of drug-likeness (QED) is 0.713. The highest BCUT2D eigenvalue weighted by Gasteiger charge is 2.13. The van der Waals surface area contributed by atoms with Gasteiger partial charge in [-0.2, -0.15) is 0 Å². The number of pyridine rings is 1. The molecule has 1 aliphatic heterocycles. The van der Waals surface area contributed by atoms with Crippen LogP contribution < -0.4 is 15.5 Å². The van der Waals surface area contributed by atoms with E-state index in [0.29, 0.717) is 22.8 Å². The molecule has 0 atom stereocenters. The first-order valence-electron chi connectivity index (χ1n) is 8.99. The minimum atomic E-state index is -0.212. The Morgan fingerprint density at radius 3 is 2.56 bits per heavy atom. The Morgan fingerprint density at radius 1 is 1.07 bits per heavy atom. The molecular weight excluding hydrogens is 342 g/mol. The maximum Gasteiger partial charge on any atom is 0.257 e. The number of nitrogens with zero attached hydrogens (tertiary/aromatic N) is 3. The van der Waals surface area contributed by atoms with Crippen LogP contribution in [0.4, 0.5) is 22.9 Å². The minimum Gasteiger partial charge on any atom is -0.372 e. The van der Waals surface area contributed by atoms with Crippen LogP contribution in [0.15, 0.2) is 53.3 Å². The maximum atomic E-state index is 12.5. The lowest BCUT2D eigenvalue weighted by Crippen LogP contribution is -2.17. The van der Waals surface area contributed by atoms with Gasteiger partial charge >= 0.3 is 0 Å². The normalized spacial score (nSPS) is 13.6. The van der Waals surface area contributed by atoms with Crippen LogP contribution in [0.1, 0.15) is 29.0 Å². The van der Waals surface area contributed by atoms with Gasteiger partial charge in [0.1, 0.15) is 5.76 Å². The van der Waals surface area contributed by atoms with Gasteiger partial charge in [0.2, 0.25) is 0 Å². The average Bonchev–Trinajstić information content (AvgIpc) is 3.35. The first kappa shape index (κ1) is 17.1. The fourth-order valence-electron chi connectivity index (χ4n) is 3.14. The molecule has 4 rings (SSSR count). The number of carbonyl (C=O) groups is 1. The summed E-state index contributed by atoms with van der Waals surface area (Å²) >= 11 is 0. The number of hydrogen-bond acceptors (Lipinski definition) is 6. The molecule has 138 valence electrons. The highest BCUT2D eigenvalue weighted by molar-refractivity contribution is 6.04. The SMILES string of the molecule is Cc1cc(Nc2cncc(C(=O)Nc3ccc(N4CCCC4)cc3)c2)no1. The number of carbonyl (C=O) groups excluding carboxylic acids is 1. The summed E-state index contributed by atoms with van der Waals surface area (Å²) in [6.45, 7) is 4.01. The van der Waals surface area contributed by atoms with Crippen molar-refractivity contribution in [3.63, 3.8) is 0 Å².